The van der Waals surface area contributed by atoms with Crippen molar-refractivity contribution in [1.29, 1.82) is 0 Å². The third-order valence-electron chi connectivity index (χ3n) is 7.08. The number of amides is 2. The van der Waals surface area contributed by atoms with Gasteiger partial charge in [0.05, 0.1) is 26.2 Å². The van der Waals surface area contributed by atoms with Gasteiger partial charge in [-0.15, -0.1) is 0 Å². The van der Waals surface area contributed by atoms with Gasteiger partial charge in [0.25, 0.3) is 0 Å². The van der Waals surface area contributed by atoms with Crippen molar-refractivity contribution < 1.29 is 27.5 Å². The van der Waals surface area contributed by atoms with Gasteiger partial charge in [-0.25, -0.2) is 8.42 Å². The molecule has 1 N–H and O–H groups in total. The lowest BCUT2D eigenvalue weighted by Crippen LogP contribution is -2.54. The van der Waals surface area contributed by atoms with Crippen LogP contribution in [0.4, 0.5) is 5.69 Å². The van der Waals surface area contributed by atoms with E-state index in [4.69, 9.17) is 9.47 Å². The van der Waals surface area contributed by atoms with Gasteiger partial charge in [-0.1, -0.05) is 67.1 Å². The van der Waals surface area contributed by atoms with Crippen molar-refractivity contribution in [2.75, 3.05) is 31.3 Å². The van der Waals surface area contributed by atoms with Crippen LogP contribution in [0, 0.1) is 6.92 Å². The van der Waals surface area contributed by atoms with E-state index in [1.54, 1.807) is 12.1 Å². The fourth-order valence-corrected chi connectivity index (χ4v) is 5.32. The van der Waals surface area contributed by atoms with Crippen molar-refractivity contribution in [2.45, 2.75) is 52.2 Å². The topological polar surface area (TPSA) is 105 Å². The zero-order valence-corrected chi connectivity index (χ0v) is 26.0. The standard InChI is InChI=1S/C32H41N3O6S/c1-7-24(3)33-32(37)29(19-25-11-9-8-10-12-25)34(21-26-15-13-23(2)14-16-26)31(36)22-35(42(6,38)39)28-18-17-27(40-4)20-30(28)41-5/h8-18,20,24,29H,7,19,21-22H2,1-6H3,(H,33,37)/t24-,29-/m0/s1. The number of benzene rings is 3. The Hall–Kier alpha value is -4.05. The highest BCUT2D eigenvalue weighted by Crippen LogP contribution is 2.33. The molecule has 9 nitrogen and oxygen atoms in total. The summed E-state index contributed by atoms with van der Waals surface area (Å²) in [6.45, 7) is 5.43. The number of anilines is 1. The maximum atomic E-state index is 14.2. The van der Waals surface area contributed by atoms with Crippen LogP contribution >= 0.6 is 0 Å². The molecule has 0 aromatic heterocycles. The average Bonchev–Trinajstić information content (AvgIpc) is 2.98. The van der Waals surface area contributed by atoms with Crippen LogP contribution in [-0.2, 0) is 32.6 Å². The first-order valence-electron chi connectivity index (χ1n) is 13.9. The van der Waals surface area contributed by atoms with Crippen molar-refractivity contribution in [3.05, 3.63) is 89.5 Å². The Balaban J connectivity index is 2.09. The van der Waals surface area contributed by atoms with E-state index in [9.17, 15) is 18.0 Å². The molecular weight excluding hydrogens is 554 g/mol. The third-order valence-corrected chi connectivity index (χ3v) is 8.21. The smallest absolute Gasteiger partial charge is 0.244 e. The SMILES string of the molecule is CC[C@H](C)NC(=O)[C@H](Cc1ccccc1)N(Cc1ccc(C)cc1)C(=O)CN(c1ccc(OC)cc1OC)S(C)(=O)=O. The fourth-order valence-electron chi connectivity index (χ4n) is 4.47. The van der Waals surface area contributed by atoms with Crippen LogP contribution in [0.1, 0.15) is 37.0 Å². The molecule has 0 radical (unpaired) electrons. The van der Waals surface area contributed by atoms with Crippen LogP contribution in [0.3, 0.4) is 0 Å². The second-order valence-electron chi connectivity index (χ2n) is 10.3. The Bertz CT molecular complexity index is 1440. The van der Waals surface area contributed by atoms with Crippen LogP contribution < -0.4 is 19.1 Å². The zero-order valence-electron chi connectivity index (χ0n) is 25.2. The molecule has 10 heteroatoms. The van der Waals surface area contributed by atoms with Crippen molar-refractivity contribution in [1.82, 2.24) is 10.2 Å². The van der Waals surface area contributed by atoms with Crippen LogP contribution in [0.25, 0.3) is 0 Å². The second kappa shape index (κ2) is 14.7. The van der Waals surface area contributed by atoms with Crippen LogP contribution in [0.15, 0.2) is 72.8 Å². The van der Waals surface area contributed by atoms with Crippen LogP contribution in [0.2, 0.25) is 0 Å². The first-order valence-corrected chi connectivity index (χ1v) is 15.7. The van der Waals surface area contributed by atoms with E-state index in [0.29, 0.717) is 5.75 Å². The Morgan fingerprint density at radius 3 is 2.17 bits per heavy atom. The van der Waals surface area contributed by atoms with Gasteiger partial charge >= 0.3 is 0 Å². The number of carbonyl (C=O) groups excluding carboxylic acids is 2. The molecule has 0 unspecified atom stereocenters. The highest BCUT2D eigenvalue weighted by Gasteiger charge is 2.34. The van der Waals surface area contributed by atoms with Crippen LogP contribution in [0.5, 0.6) is 11.5 Å². The summed E-state index contributed by atoms with van der Waals surface area (Å²) in [4.78, 5) is 29.5. The van der Waals surface area contributed by atoms with Gasteiger partial charge in [0, 0.05) is 25.1 Å². The number of ether oxygens (including phenoxy) is 2. The summed E-state index contributed by atoms with van der Waals surface area (Å²) in [6.07, 6.45) is 2.01. The number of aryl methyl sites for hydroxylation is 1. The number of rotatable bonds is 14. The van der Waals surface area contributed by atoms with E-state index >= 15 is 0 Å². The van der Waals surface area contributed by atoms with Crippen molar-refractivity contribution >= 4 is 27.5 Å². The molecule has 226 valence electrons. The van der Waals surface area contributed by atoms with Crippen molar-refractivity contribution in [2.24, 2.45) is 0 Å². The molecule has 2 amide bonds. The number of nitrogens with zero attached hydrogens (tertiary/aromatic N) is 2. The lowest BCUT2D eigenvalue weighted by atomic mass is 10.0. The Labute approximate surface area is 249 Å². The molecule has 2 atom stereocenters. The summed E-state index contributed by atoms with van der Waals surface area (Å²) in [5.41, 5.74) is 2.94. The van der Waals surface area contributed by atoms with Crippen molar-refractivity contribution in [3.8, 4) is 11.5 Å². The highest BCUT2D eigenvalue weighted by molar-refractivity contribution is 7.92. The molecule has 0 spiro atoms. The quantitative estimate of drug-likeness (QED) is 0.298. The molecule has 0 heterocycles. The monoisotopic (exact) mass is 595 g/mol. The van der Waals surface area contributed by atoms with E-state index in [2.05, 4.69) is 5.32 Å². The summed E-state index contributed by atoms with van der Waals surface area (Å²) in [7, 11) is -1.03. The predicted octanol–water partition coefficient (Wildman–Crippen LogP) is 4.33. The predicted molar refractivity (Wildman–Crippen MR) is 165 cm³/mol. The van der Waals surface area contributed by atoms with Gasteiger partial charge in [0.15, 0.2) is 0 Å². The number of carbonyl (C=O) groups is 2. The molecule has 0 fully saturated rings. The first-order chi connectivity index (χ1) is 20.0. The fraction of sp³-hybridized carbons (Fsp3) is 0.375. The van der Waals surface area contributed by atoms with E-state index < -0.39 is 28.5 Å². The molecule has 3 aromatic rings. The lowest BCUT2D eigenvalue weighted by molar-refractivity contribution is -0.140. The zero-order chi connectivity index (χ0) is 30.9. The molecule has 3 rings (SSSR count). The van der Waals surface area contributed by atoms with Gasteiger partial charge in [0.1, 0.15) is 24.1 Å². The third kappa shape index (κ3) is 8.72. The highest BCUT2D eigenvalue weighted by atomic mass is 32.2. The summed E-state index contributed by atoms with van der Waals surface area (Å²) in [5.74, 6) is -0.130. The van der Waals surface area contributed by atoms with Crippen LogP contribution in [-0.4, -0.2) is 64.2 Å². The summed E-state index contributed by atoms with van der Waals surface area (Å²) in [5, 5.41) is 3.03. The summed E-state index contributed by atoms with van der Waals surface area (Å²) >= 11 is 0. The van der Waals surface area contributed by atoms with E-state index in [1.165, 1.54) is 25.2 Å². The molecule has 3 aromatic carbocycles. The lowest BCUT2D eigenvalue weighted by Gasteiger charge is -2.34. The maximum absolute atomic E-state index is 14.2. The molecule has 0 saturated heterocycles. The van der Waals surface area contributed by atoms with E-state index in [1.807, 2.05) is 75.4 Å². The summed E-state index contributed by atoms with van der Waals surface area (Å²) in [6, 6.07) is 20.8. The minimum atomic E-state index is -3.94. The van der Waals surface area contributed by atoms with Gasteiger partial charge in [-0.2, -0.15) is 0 Å². The minimum absolute atomic E-state index is 0.108. The molecule has 0 saturated carbocycles. The molecular formula is C32H41N3O6S. The Morgan fingerprint density at radius 1 is 0.929 bits per heavy atom. The van der Waals surface area contributed by atoms with Gasteiger partial charge in [-0.3, -0.25) is 13.9 Å². The number of sulfonamides is 1. The molecule has 0 aliphatic heterocycles. The number of hydrogen-bond donors (Lipinski definition) is 1. The summed E-state index contributed by atoms with van der Waals surface area (Å²) < 4.78 is 37.9. The van der Waals surface area contributed by atoms with E-state index in [-0.39, 0.29) is 36.4 Å². The first kappa shape index (κ1) is 32.5. The normalized spacial score (nSPS) is 12.6. The molecule has 0 aliphatic rings. The number of nitrogens with one attached hydrogen (secondary N) is 1. The van der Waals surface area contributed by atoms with E-state index in [0.717, 1.165) is 33.7 Å². The van der Waals surface area contributed by atoms with Crippen molar-refractivity contribution in [3.63, 3.8) is 0 Å². The number of methoxy groups -OCH3 is 2. The molecule has 0 aliphatic carbocycles. The number of hydrogen-bond acceptors (Lipinski definition) is 6. The van der Waals surface area contributed by atoms with Gasteiger partial charge in [-0.05, 0) is 43.5 Å². The molecule has 42 heavy (non-hydrogen) atoms. The Kier molecular flexibility index (Phi) is 11.4. The maximum Gasteiger partial charge on any atom is 0.244 e. The Morgan fingerprint density at radius 2 is 1.60 bits per heavy atom. The minimum Gasteiger partial charge on any atom is -0.497 e. The largest absolute Gasteiger partial charge is 0.497 e. The van der Waals surface area contributed by atoms with Gasteiger partial charge < -0.3 is 19.7 Å². The molecule has 0 bridgehead atoms. The average molecular weight is 596 g/mol. The second-order valence-corrected chi connectivity index (χ2v) is 12.2. The van der Waals surface area contributed by atoms with Gasteiger partial charge in [0.2, 0.25) is 21.8 Å².